The summed E-state index contributed by atoms with van der Waals surface area (Å²) in [6, 6.07) is 12.3. The molecule has 0 saturated carbocycles. The predicted molar refractivity (Wildman–Crippen MR) is 141 cm³/mol. The molecule has 1 aliphatic heterocycles. The standard InChI is InChI=1S/C25H30ClN3O3S2/c1-16-9-10-18(15-22(16)34(30,31)29-21-8-6-5-7-20(21)26)23-17(2)27-24(33-23)28-25(3,4)19-11-13-32-14-12-19/h5-10,15,19,29H,11-14H2,1-4H3,(H,27,28). The second kappa shape index (κ2) is 9.85. The van der Waals surface area contributed by atoms with Crippen LogP contribution < -0.4 is 10.0 Å². The average molecular weight is 520 g/mol. The molecule has 6 nitrogen and oxygen atoms in total. The van der Waals surface area contributed by atoms with Gasteiger partial charge in [0.25, 0.3) is 10.0 Å². The van der Waals surface area contributed by atoms with E-state index in [2.05, 4.69) is 23.9 Å². The van der Waals surface area contributed by atoms with Gasteiger partial charge in [0.1, 0.15) is 0 Å². The monoisotopic (exact) mass is 519 g/mol. The summed E-state index contributed by atoms with van der Waals surface area (Å²) < 4.78 is 34.5. The normalized spacial score (nSPS) is 15.3. The lowest BCUT2D eigenvalue weighted by Crippen LogP contribution is -2.42. The Morgan fingerprint density at radius 1 is 1.12 bits per heavy atom. The molecule has 0 unspecified atom stereocenters. The van der Waals surface area contributed by atoms with Crippen LogP contribution >= 0.6 is 22.9 Å². The maximum absolute atomic E-state index is 13.2. The number of aromatic nitrogens is 1. The van der Waals surface area contributed by atoms with E-state index in [0.29, 0.717) is 22.2 Å². The summed E-state index contributed by atoms with van der Waals surface area (Å²) in [5.74, 6) is 0.501. The number of thiazole rings is 1. The van der Waals surface area contributed by atoms with Gasteiger partial charge in [-0.05, 0) is 75.8 Å². The first kappa shape index (κ1) is 25.0. The lowest BCUT2D eigenvalue weighted by Gasteiger charge is -2.37. The number of aryl methyl sites for hydroxylation is 2. The summed E-state index contributed by atoms with van der Waals surface area (Å²) in [5, 5.41) is 4.81. The minimum absolute atomic E-state index is 0.119. The number of sulfonamides is 1. The molecule has 182 valence electrons. The summed E-state index contributed by atoms with van der Waals surface area (Å²) in [7, 11) is -3.82. The van der Waals surface area contributed by atoms with Gasteiger partial charge in [-0.3, -0.25) is 4.72 Å². The Morgan fingerprint density at radius 3 is 2.53 bits per heavy atom. The highest BCUT2D eigenvalue weighted by Crippen LogP contribution is 2.38. The van der Waals surface area contributed by atoms with E-state index >= 15 is 0 Å². The number of hydrogen-bond donors (Lipinski definition) is 2. The molecule has 1 aliphatic rings. The molecular formula is C25H30ClN3O3S2. The van der Waals surface area contributed by atoms with Crippen molar-refractivity contribution in [3.05, 3.63) is 58.7 Å². The van der Waals surface area contributed by atoms with Crippen molar-refractivity contribution in [2.45, 2.75) is 51.0 Å². The SMILES string of the molecule is Cc1ccc(-c2sc(NC(C)(C)C3CCOCC3)nc2C)cc1S(=O)(=O)Nc1ccccc1Cl. The van der Waals surface area contributed by atoms with E-state index < -0.39 is 10.0 Å². The van der Waals surface area contributed by atoms with Crippen LogP contribution in [-0.4, -0.2) is 32.2 Å². The molecular weight excluding hydrogens is 490 g/mol. The van der Waals surface area contributed by atoms with E-state index in [0.717, 1.165) is 47.3 Å². The second-order valence-corrected chi connectivity index (χ2v) is 12.3. The molecule has 0 bridgehead atoms. The van der Waals surface area contributed by atoms with Gasteiger partial charge in [0, 0.05) is 18.8 Å². The van der Waals surface area contributed by atoms with Crippen molar-refractivity contribution < 1.29 is 13.2 Å². The number of nitrogens with zero attached hydrogens (tertiary/aromatic N) is 1. The Labute approximate surface area is 210 Å². The molecule has 0 spiro atoms. The molecule has 3 aromatic rings. The summed E-state index contributed by atoms with van der Waals surface area (Å²) >= 11 is 7.71. The number of anilines is 2. The second-order valence-electron chi connectivity index (χ2n) is 9.23. The molecule has 2 N–H and O–H groups in total. The molecule has 0 amide bonds. The van der Waals surface area contributed by atoms with Gasteiger partial charge in [-0.2, -0.15) is 0 Å². The number of ether oxygens (including phenoxy) is 1. The number of para-hydroxylation sites is 1. The van der Waals surface area contributed by atoms with Crippen molar-refractivity contribution in [2.24, 2.45) is 5.92 Å². The van der Waals surface area contributed by atoms with E-state index in [-0.39, 0.29) is 10.4 Å². The predicted octanol–water partition coefficient (Wildman–Crippen LogP) is 6.50. The molecule has 4 rings (SSSR count). The van der Waals surface area contributed by atoms with E-state index in [9.17, 15) is 8.42 Å². The van der Waals surface area contributed by atoms with Crippen molar-refractivity contribution in [2.75, 3.05) is 23.3 Å². The van der Waals surface area contributed by atoms with Crippen LogP contribution in [0.4, 0.5) is 10.8 Å². The fourth-order valence-electron chi connectivity index (χ4n) is 4.29. The van der Waals surface area contributed by atoms with E-state index in [4.69, 9.17) is 21.3 Å². The van der Waals surface area contributed by atoms with Crippen molar-refractivity contribution in [3.8, 4) is 10.4 Å². The van der Waals surface area contributed by atoms with Crippen LogP contribution in [0.25, 0.3) is 10.4 Å². The number of rotatable bonds is 7. The average Bonchev–Trinajstić information content (AvgIpc) is 3.15. The zero-order chi connectivity index (χ0) is 24.5. The highest BCUT2D eigenvalue weighted by Gasteiger charge is 2.32. The molecule has 0 aliphatic carbocycles. The molecule has 2 aromatic carbocycles. The van der Waals surface area contributed by atoms with Crippen molar-refractivity contribution in [3.63, 3.8) is 0 Å². The largest absolute Gasteiger partial charge is 0.381 e. The third kappa shape index (κ3) is 5.40. The first-order valence-electron chi connectivity index (χ1n) is 11.3. The highest BCUT2D eigenvalue weighted by atomic mass is 35.5. The molecule has 1 saturated heterocycles. The lowest BCUT2D eigenvalue weighted by atomic mass is 9.82. The van der Waals surface area contributed by atoms with Gasteiger partial charge in [-0.25, -0.2) is 13.4 Å². The molecule has 0 atom stereocenters. The maximum Gasteiger partial charge on any atom is 0.262 e. The Morgan fingerprint density at radius 2 is 1.82 bits per heavy atom. The van der Waals surface area contributed by atoms with Crippen LogP contribution in [0.1, 0.15) is 37.9 Å². The van der Waals surface area contributed by atoms with Gasteiger partial charge in [0.15, 0.2) is 5.13 Å². The fraction of sp³-hybridized carbons (Fsp3) is 0.400. The van der Waals surface area contributed by atoms with Gasteiger partial charge >= 0.3 is 0 Å². The number of hydrogen-bond acceptors (Lipinski definition) is 6. The molecule has 9 heteroatoms. The van der Waals surface area contributed by atoms with Gasteiger partial charge < -0.3 is 10.1 Å². The summed E-state index contributed by atoms with van der Waals surface area (Å²) in [6.07, 6.45) is 2.05. The van der Waals surface area contributed by atoms with Crippen LogP contribution in [0.2, 0.25) is 5.02 Å². The minimum atomic E-state index is -3.82. The molecule has 1 fully saturated rings. The lowest BCUT2D eigenvalue weighted by molar-refractivity contribution is 0.0491. The quantitative estimate of drug-likeness (QED) is 0.372. The summed E-state index contributed by atoms with van der Waals surface area (Å²) in [4.78, 5) is 5.92. The van der Waals surface area contributed by atoms with Crippen LogP contribution in [-0.2, 0) is 14.8 Å². The Balaban J connectivity index is 1.61. The van der Waals surface area contributed by atoms with Crippen molar-refractivity contribution in [1.29, 1.82) is 0 Å². The van der Waals surface area contributed by atoms with Crippen LogP contribution in [0.5, 0.6) is 0 Å². The molecule has 34 heavy (non-hydrogen) atoms. The van der Waals surface area contributed by atoms with Crippen molar-refractivity contribution in [1.82, 2.24) is 4.98 Å². The first-order valence-corrected chi connectivity index (χ1v) is 14.0. The fourth-order valence-corrected chi connectivity index (χ4v) is 7.01. The molecule has 1 aromatic heterocycles. The van der Waals surface area contributed by atoms with Crippen LogP contribution in [0.3, 0.4) is 0 Å². The van der Waals surface area contributed by atoms with Gasteiger partial charge in [-0.1, -0.05) is 47.2 Å². The van der Waals surface area contributed by atoms with E-state index in [1.54, 1.807) is 48.6 Å². The summed E-state index contributed by atoms with van der Waals surface area (Å²) in [5.41, 5.74) is 2.57. The van der Waals surface area contributed by atoms with Gasteiger partial charge in [0.2, 0.25) is 0 Å². The number of halogens is 1. The third-order valence-electron chi connectivity index (χ3n) is 6.33. The first-order chi connectivity index (χ1) is 16.1. The van der Waals surface area contributed by atoms with Gasteiger partial charge in [0.05, 0.1) is 26.2 Å². The smallest absolute Gasteiger partial charge is 0.262 e. The molecule has 2 heterocycles. The van der Waals surface area contributed by atoms with Crippen molar-refractivity contribution >= 4 is 43.8 Å². The van der Waals surface area contributed by atoms with Gasteiger partial charge in [-0.15, -0.1) is 0 Å². The zero-order valence-corrected chi connectivity index (χ0v) is 22.2. The topological polar surface area (TPSA) is 80.3 Å². The summed E-state index contributed by atoms with van der Waals surface area (Å²) in [6.45, 7) is 9.73. The van der Waals surface area contributed by atoms with Crippen LogP contribution in [0.15, 0.2) is 47.4 Å². The number of benzene rings is 2. The maximum atomic E-state index is 13.2. The van der Waals surface area contributed by atoms with Crippen LogP contribution in [0, 0.1) is 19.8 Å². The Kier molecular flexibility index (Phi) is 7.24. The zero-order valence-electron chi connectivity index (χ0n) is 19.8. The molecule has 0 radical (unpaired) electrons. The van der Waals surface area contributed by atoms with E-state index in [1.807, 2.05) is 19.1 Å². The third-order valence-corrected chi connectivity index (χ3v) is 9.28. The highest BCUT2D eigenvalue weighted by molar-refractivity contribution is 7.92. The number of nitrogens with one attached hydrogen (secondary N) is 2. The van der Waals surface area contributed by atoms with E-state index in [1.165, 1.54) is 0 Å². The Bertz CT molecular complexity index is 1280. The minimum Gasteiger partial charge on any atom is -0.381 e. The Hall–Kier alpha value is -2.13.